The van der Waals surface area contributed by atoms with Gasteiger partial charge in [0.25, 0.3) is 5.91 Å². The molecule has 0 bridgehead atoms. The number of amides is 2. The summed E-state index contributed by atoms with van der Waals surface area (Å²) in [5.41, 5.74) is 1.74. The zero-order chi connectivity index (χ0) is 18.4. The van der Waals surface area contributed by atoms with E-state index < -0.39 is 0 Å². The van der Waals surface area contributed by atoms with E-state index in [0.29, 0.717) is 34.4 Å². The molecule has 3 rings (SSSR count). The number of carbonyl (C=O) groups excluding carboxylic acids is 2. The van der Waals surface area contributed by atoms with Gasteiger partial charge in [-0.15, -0.1) is 22.7 Å². The maximum Gasteiger partial charge on any atom is 0.261 e. The molecule has 0 spiro atoms. The minimum atomic E-state index is -0.118. The van der Waals surface area contributed by atoms with E-state index in [2.05, 4.69) is 15.6 Å². The van der Waals surface area contributed by atoms with E-state index in [1.165, 1.54) is 22.7 Å². The van der Waals surface area contributed by atoms with Crippen molar-refractivity contribution >= 4 is 51.2 Å². The van der Waals surface area contributed by atoms with Gasteiger partial charge in [-0.25, -0.2) is 4.98 Å². The molecular formula is C18H16ClN3O2S2. The summed E-state index contributed by atoms with van der Waals surface area (Å²) >= 11 is 8.65. The third kappa shape index (κ3) is 5.14. The number of nitrogens with one attached hydrogen (secondary N) is 2. The van der Waals surface area contributed by atoms with Gasteiger partial charge in [0.1, 0.15) is 0 Å². The van der Waals surface area contributed by atoms with Crippen LogP contribution >= 0.6 is 34.3 Å². The predicted octanol–water partition coefficient (Wildman–Crippen LogP) is 4.67. The van der Waals surface area contributed by atoms with Crippen LogP contribution in [0.15, 0.2) is 47.2 Å². The fourth-order valence-electron chi connectivity index (χ4n) is 2.21. The predicted molar refractivity (Wildman–Crippen MR) is 107 cm³/mol. The Kier molecular flexibility index (Phi) is 6.38. The van der Waals surface area contributed by atoms with Crippen LogP contribution in [0.5, 0.6) is 0 Å². The van der Waals surface area contributed by atoms with Gasteiger partial charge in [0.2, 0.25) is 5.91 Å². The molecule has 0 saturated heterocycles. The van der Waals surface area contributed by atoms with Crippen molar-refractivity contribution in [2.75, 3.05) is 11.9 Å². The molecule has 5 nitrogen and oxygen atoms in total. The first-order valence-electron chi connectivity index (χ1n) is 7.95. The van der Waals surface area contributed by atoms with Gasteiger partial charge in [-0.2, -0.15) is 0 Å². The Labute approximate surface area is 164 Å². The molecule has 0 atom stereocenters. The van der Waals surface area contributed by atoms with Crippen LogP contribution in [0.4, 0.5) is 5.13 Å². The number of benzene rings is 1. The first-order chi connectivity index (χ1) is 12.6. The Morgan fingerprint density at radius 1 is 1.12 bits per heavy atom. The number of aromatic nitrogens is 1. The highest BCUT2D eigenvalue weighted by Gasteiger charge is 2.09. The molecular weight excluding hydrogens is 390 g/mol. The van der Waals surface area contributed by atoms with Gasteiger partial charge in [-0.1, -0.05) is 29.8 Å². The molecule has 2 heterocycles. The molecule has 8 heteroatoms. The van der Waals surface area contributed by atoms with Crippen LogP contribution in [-0.4, -0.2) is 23.3 Å². The van der Waals surface area contributed by atoms with Crippen molar-refractivity contribution < 1.29 is 9.59 Å². The Balaban J connectivity index is 1.42. The van der Waals surface area contributed by atoms with Crippen molar-refractivity contribution in [2.45, 2.75) is 12.8 Å². The van der Waals surface area contributed by atoms with Crippen LogP contribution in [0, 0.1) is 0 Å². The number of thiophene rings is 1. The number of hydrogen-bond acceptors (Lipinski definition) is 5. The molecule has 134 valence electrons. The molecule has 0 unspecified atom stereocenters. The van der Waals surface area contributed by atoms with E-state index in [1.54, 1.807) is 18.2 Å². The maximum atomic E-state index is 12.0. The van der Waals surface area contributed by atoms with E-state index in [9.17, 15) is 9.59 Å². The third-order valence-electron chi connectivity index (χ3n) is 3.50. The molecule has 0 saturated carbocycles. The van der Waals surface area contributed by atoms with Crippen LogP contribution in [0.2, 0.25) is 5.02 Å². The number of hydrogen-bond donors (Lipinski definition) is 2. The molecule has 26 heavy (non-hydrogen) atoms. The highest BCUT2D eigenvalue weighted by atomic mass is 35.5. The van der Waals surface area contributed by atoms with Crippen LogP contribution < -0.4 is 10.6 Å². The lowest BCUT2D eigenvalue weighted by atomic mass is 10.2. The van der Waals surface area contributed by atoms with Crippen molar-refractivity contribution in [3.63, 3.8) is 0 Å². The Hall–Kier alpha value is -2.22. The Bertz CT molecular complexity index is 876. The highest BCUT2D eigenvalue weighted by molar-refractivity contribution is 7.14. The molecule has 3 aromatic rings. The lowest BCUT2D eigenvalue weighted by Gasteiger charge is -2.04. The number of carbonyl (C=O) groups is 2. The standard InChI is InChI=1S/C18H16ClN3O2S2/c19-13-7-5-12(6-8-13)14-11-26-18(21-14)22-16(23)4-1-9-20-17(24)15-3-2-10-25-15/h2-3,5-8,10-11H,1,4,9H2,(H,20,24)(H,21,22,23). The van der Waals surface area contributed by atoms with Crippen molar-refractivity contribution in [3.05, 3.63) is 57.1 Å². The molecule has 0 aliphatic heterocycles. The van der Waals surface area contributed by atoms with Crippen molar-refractivity contribution in [2.24, 2.45) is 0 Å². The molecule has 2 aromatic heterocycles. The SMILES string of the molecule is O=C(CCCNC(=O)c1cccs1)Nc1nc(-c2ccc(Cl)cc2)cs1. The zero-order valence-corrected chi connectivity index (χ0v) is 16.1. The Morgan fingerprint density at radius 3 is 2.65 bits per heavy atom. The summed E-state index contributed by atoms with van der Waals surface area (Å²) in [5, 5.41) is 10.6. The maximum absolute atomic E-state index is 12.0. The van der Waals surface area contributed by atoms with Crippen molar-refractivity contribution in [1.29, 1.82) is 0 Å². The average molecular weight is 406 g/mol. The fraction of sp³-hybridized carbons (Fsp3) is 0.167. The topological polar surface area (TPSA) is 71.1 Å². The summed E-state index contributed by atoms with van der Waals surface area (Å²) in [6, 6.07) is 11.0. The zero-order valence-electron chi connectivity index (χ0n) is 13.7. The van der Waals surface area contributed by atoms with E-state index in [0.717, 1.165) is 11.3 Å². The van der Waals surface area contributed by atoms with Crippen LogP contribution in [0.1, 0.15) is 22.5 Å². The summed E-state index contributed by atoms with van der Waals surface area (Å²) in [5.74, 6) is -0.222. The molecule has 0 radical (unpaired) electrons. The second-order valence-corrected chi connectivity index (χ2v) is 7.67. The Morgan fingerprint density at radius 2 is 1.92 bits per heavy atom. The van der Waals surface area contributed by atoms with Crippen LogP contribution in [0.3, 0.4) is 0 Å². The quantitative estimate of drug-likeness (QED) is 0.561. The van der Waals surface area contributed by atoms with Crippen molar-refractivity contribution in [1.82, 2.24) is 10.3 Å². The third-order valence-corrected chi connectivity index (χ3v) is 5.38. The van der Waals surface area contributed by atoms with Crippen LogP contribution in [-0.2, 0) is 4.79 Å². The van der Waals surface area contributed by atoms with Gasteiger partial charge in [0.05, 0.1) is 10.6 Å². The first kappa shape index (κ1) is 18.6. The number of rotatable bonds is 7. The minimum absolute atomic E-state index is 0.104. The first-order valence-corrected chi connectivity index (χ1v) is 10.1. The second kappa shape index (κ2) is 8.93. The van der Waals surface area contributed by atoms with E-state index in [4.69, 9.17) is 11.6 Å². The molecule has 2 amide bonds. The molecule has 0 fully saturated rings. The van der Waals surface area contributed by atoms with Gasteiger partial charge >= 0.3 is 0 Å². The van der Waals surface area contributed by atoms with Gasteiger partial charge in [-0.3, -0.25) is 9.59 Å². The summed E-state index contributed by atoms with van der Waals surface area (Å²) in [6.07, 6.45) is 0.888. The average Bonchev–Trinajstić information content (AvgIpc) is 3.31. The van der Waals surface area contributed by atoms with Gasteiger partial charge in [0.15, 0.2) is 5.13 Å². The highest BCUT2D eigenvalue weighted by Crippen LogP contribution is 2.26. The summed E-state index contributed by atoms with van der Waals surface area (Å²) in [4.78, 5) is 28.9. The minimum Gasteiger partial charge on any atom is -0.351 e. The molecule has 0 aliphatic carbocycles. The molecule has 2 N–H and O–H groups in total. The van der Waals surface area contributed by atoms with Gasteiger partial charge in [-0.05, 0) is 30.0 Å². The largest absolute Gasteiger partial charge is 0.351 e. The van der Waals surface area contributed by atoms with Gasteiger partial charge < -0.3 is 10.6 Å². The van der Waals surface area contributed by atoms with Crippen molar-refractivity contribution in [3.8, 4) is 11.3 Å². The second-order valence-electron chi connectivity index (χ2n) is 5.43. The monoisotopic (exact) mass is 405 g/mol. The smallest absolute Gasteiger partial charge is 0.261 e. The van der Waals surface area contributed by atoms with E-state index in [1.807, 2.05) is 29.0 Å². The number of anilines is 1. The van der Waals surface area contributed by atoms with E-state index >= 15 is 0 Å². The fourth-order valence-corrected chi connectivity index (χ4v) is 3.71. The summed E-state index contributed by atoms with van der Waals surface area (Å²) in [7, 11) is 0. The van der Waals surface area contributed by atoms with Crippen LogP contribution in [0.25, 0.3) is 11.3 Å². The van der Waals surface area contributed by atoms with Gasteiger partial charge in [0, 0.05) is 28.9 Å². The summed E-state index contributed by atoms with van der Waals surface area (Å²) < 4.78 is 0. The van der Waals surface area contributed by atoms with E-state index in [-0.39, 0.29) is 11.8 Å². The molecule has 1 aromatic carbocycles. The number of thiazole rings is 1. The summed E-state index contributed by atoms with van der Waals surface area (Å²) in [6.45, 7) is 0.456. The normalized spacial score (nSPS) is 10.5. The lowest BCUT2D eigenvalue weighted by molar-refractivity contribution is -0.116. The number of halogens is 1. The number of nitrogens with zero attached hydrogens (tertiary/aromatic N) is 1. The lowest BCUT2D eigenvalue weighted by Crippen LogP contribution is -2.24. The molecule has 0 aliphatic rings.